The summed E-state index contributed by atoms with van der Waals surface area (Å²) in [4.78, 5) is 17.6. The number of thiocarbonyl (C=S) groups is 1. The fourth-order valence-corrected chi connectivity index (χ4v) is 4.80. The average molecular weight is 426 g/mol. The maximum atomic E-state index is 11.2. The molecule has 0 unspecified atom stereocenters. The van der Waals surface area contributed by atoms with Crippen molar-refractivity contribution in [2.75, 3.05) is 5.43 Å². The summed E-state index contributed by atoms with van der Waals surface area (Å²) in [5.41, 5.74) is 6.64. The molecule has 28 heavy (non-hydrogen) atoms. The first-order chi connectivity index (χ1) is 13.5. The molecular weight excluding hydrogens is 410 g/mol. The lowest BCUT2D eigenvalue weighted by atomic mass is 9.96. The predicted molar refractivity (Wildman–Crippen MR) is 121 cm³/mol. The molecule has 2 N–H and O–H groups in total. The lowest BCUT2D eigenvalue weighted by molar-refractivity contribution is 0.0702. The van der Waals surface area contributed by atoms with E-state index in [0.717, 1.165) is 41.9 Å². The molecule has 1 aliphatic carbocycles. The van der Waals surface area contributed by atoms with Gasteiger partial charge in [0.05, 0.1) is 15.9 Å². The Bertz CT molecular complexity index is 1150. The summed E-state index contributed by atoms with van der Waals surface area (Å²) in [5.74, 6) is -0.924. The smallest absolute Gasteiger partial charge is 0.345 e. The van der Waals surface area contributed by atoms with Gasteiger partial charge in [-0.1, -0.05) is 41.8 Å². The number of aromatic nitrogens is 1. The molecular formula is C20H15N3O2S3. The van der Waals surface area contributed by atoms with E-state index in [1.165, 1.54) is 11.3 Å². The Morgan fingerprint density at radius 2 is 2.07 bits per heavy atom. The summed E-state index contributed by atoms with van der Waals surface area (Å²) in [6.07, 6.45) is 4.64. The lowest BCUT2D eigenvalue weighted by Crippen LogP contribution is -2.08. The van der Waals surface area contributed by atoms with E-state index < -0.39 is 5.97 Å². The fourth-order valence-electron chi connectivity index (χ4n) is 2.78. The minimum absolute atomic E-state index is 0.303. The Balaban J connectivity index is 1.56. The van der Waals surface area contributed by atoms with E-state index in [4.69, 9.17) is 17.3 Å². The number of benzene rings is 1. The average Bonchev–Trinajstić information content (AvgIpc) is 3.33. The molecule has 1 aromatic carbocycles. The maximum Gasteiger partial charge on any atom is 0.345 e. The number of hydrazone groups is 1. The van der Waals surface area contributed by atoms with E-state index in [2.05, 4.69) is 15.5 Å². The number of anilines is 1. The van der Waals surface area contributed by atoms with Gasteiger partial charge in [0.1, 0.15) is 4.88 Å². The van der Waals surface area contributed by atoms with E-state index in [-0.39, 0.29) is 0 Å². The molecule has 2 heterocycles. The zero-order valence-electron chi connectivity index (χ0n) is 14.8. The molecule has 0 spiro atoms. The molecule has 0 atom stereocenters. The Kier molecular flexibility index (Phi) is 5.17. The van der Waals surface area contributed by atoms with Crippen molar-refractivity contribution in [1.82, 2.24) is 4.98 Å². The highest BCUT2D eigenvalue weighted by Gasteiger charge is 2.17. The van der Waals surface area contributed by atoms with Gasteiger partial charge in [-0.2, -0.15) is 5.10 Å². The van der Waals surface area contributed by atoms with Gasteiger partial charge in [0.2, 0.25) is 5.13 Å². The summed E-state index contributed by atoms with van der Waals surface area (Å²) >= 11 is 8.27. The normalized spacial score (nSPS) is 14.8. The topological polar surface area (TPSA) is 74.6 Å². The van der Waals surface area contributed by atoms with Crippen molar-refractivity contribution >= 4 is 72.4 Å². The number of nitrogens with one attached hydrogen (secondary N) is 1. The standard InChI is InChI=1S/C20H15N3O2S3/c1-11(22-23-20-21-14-4-2-3-5-17(14)28-20)12-6-7-15(26)13(10-12)16-8-9-18(27-16)19(24)25/h2-6,8-10H,7H2,1H3,(H,21,23)(H,24,25). The lowest BCUT2D eigenvalue weighted by Gasteiger charge is -2.14. The van der Waals surface area contributed by atoms with Crippen molar-refractivity contribution in [3.8, 4) is 0 Å². The highest BCUT2D eigenvalue weighted by Crippen LogP contribution is 2.31. The van der Waals surface area contributed by atoms with Gasteiger partial charge in [0.15, 0.2) is 0 Å². The molecule has 0 bridgehead atoms. The molecule has 0 fully saturated rings. The predicted octanol–water partition coefficient (Wildman–Crippen LogP) is 5.63. The first kappa shape index (κ1) is 18.7. The van der Waals surface area contributed by atoms with Gasteiger partial charge in [-0.25, -0.2) is 9.78 Å². The Labute approximate surface area is 174 Å². The third-order valence-corrected chi connectivity index (χ3v) is 6.65. The minimum Gasteiger partial charge on any atom is -0.477 e. The fraction of sp³-hybridized carbons (Fsp3) is 0.100. The Morgan fingerprint density at radius 3 is 2.82 bits per heavy atom. The van der Waals surface area contributed by atoms with Crippen LogP contribution in [0.5, 0.6) is 0 Å². The van der Waals surface area contributed by atoms with Crippen LogP contribution in [0.1, 0.15) is 27.9 Å². The van der Waals surface area contributed by atoms with Crippen molar-refractivity contribution in [1.29, 1.82) is 0 Å². The van der Waals surface area contributed by atoms with Crippen molar-refractivity contribution in [3.05, 3.63) is 63.9 Å². The van der Waals surface area contributed by atoms with Gasteiger partial charge >= 0.3 is 5.97 Å². The van der Waals surface area contributed by atoms with E-state index >= 15 is 0 Å². The molecule has 0 radical (unpaired) electrons. The minimum atomic E-state index is -0.924. The van der Waals surface area contributed by atoms with Crippen LogP contribution in [0.3, 0.4) is 0 Å². The van der Waals surface area contributed by atoms with E-state index in [9.17, 15) is 4.79 Å². The van der Waals surface area contributed by atoms with E-state index in [1.54, 1.807) is 23.5 Å². The van der Waals surface area contributed by atoms with Crippen LogP contribution in [0.25, 0.3) is 15.8 Å². The number of hydrogen-bond acceptors (Lipinski definition) is 7. The van der Waals surface area contributed by atoms with Crippen LogP contribution in [-0.4, -0.2) is 26.6 Å². The highest BCUT2D eigenvalue weighted by atomic mass is 32.1. The number of carboxylic acid groups (broad SMARTS) is 1. The van der Waals surface area contributed by atoms with Gasteiger partial charge in [0, 0.05) is 21.7 Å². The number of carbonyl (C=O) groups is 1. The second-order valence-electron chi connectivity index (χ2n) is 6.11. The largest absolute Gasteiger partial charge is 0.477 e. The van der Waals surface area contributed by atoms with E-state index in [0.29, 0.717) is 11.3 Å². The molecule has 0 saturated carbocycles. The van der Waals surface area contributed by atoms with Gasteiger partial charge in [-0.15, -0.1) is 11.3 Å². The summed E-state index contributed by atoms with van der Waals surface area (Å²) in [5, 5.41) is 14.4. The number of fused-ring (bicyclic) bond motifs is 1. The third-order valence-electron chi connectivity index (χ3n) is 4.22. The van der Waals surface area contributed by atoms with Crippen molar-refractivity contribution in [2.24, 2.45) is 5.10 Å². The number of thiophene rings is 1. The number of hydrogen-bond donors (Lipinski definition) is 2. The Hall–Kier alpha value is -2.68. The number of para-hydroxylation sites is 1. The second kappa shape index (κ2) is 7.75. The van der Waals surface area contributed by atoms with Gasteiger partial charge < -0.3 is 5.11 Å². The van der Waals surface area contributed by atoms with Crippen molar-refractivity contribution in [3.63, 3.8) is 0 Å². The van der Waals surface area contributed by atoms with Crippen LogP contribution in [0.2, 0.25) is 0 Å². The second-order valence-corrected chi connectivity index (χ2v) is 8.72. The highest BCUT2D eigenvalue weighted by molar-refractivity contribution is 7.81. The molecule has 1 aliphatic rings. The van der Waals surface area contributed by atoms with Crippen molar-refractivity contribution in [2.45, 2.75) is 13.3 Å². The molecule has 0 amide bonds. The van der Waals surface area contributed by atoms with Gasteiger partial charge in [-0.3, -0.25) is 5.43 Å². The zero-order chi connectivity index (χ0) is 19.7. The molecule has 8 heteroatoms. The Morgan fingerprint density at radius 1 is 1.25 bits per heavy atom. The monoisotopic (exact) mass is 425 g/mol. The summed E-state index contributed by atoms with van der Waals surface area (Å²) in [6.45, 7) is 1.92. The number of thiazole rings is 1. The number of nitrogens with zero attached hydrogens (tertiary/aromatic N) is 2. The third kappa shape index (κ3) is 3.80. The van der Waals surface area contributed by atoms with Gasteiger partial charge in [0.25, 0.3) is 0 Å². The SMILES string of the molecule is CC(=NNc1nc2ccccc2s1)C1=CCC(=S)C(c2ccc(C(=O)O)s2)=C1. The molecule has 0 aliphatic heterocycles. The molecule has 4 rings (SSSR count). The molecule has 2 aromatic heterocycles. The van der Waals surface area contributed by atoms with Crippen LogP contribution in [0.15, 0.2) is 59.2 Å². The quantitative estimate of drug-likeness (QED) is 0.315. The molecule has 140 valence electrons. The summed E-state index contributed by atoms with van der Waals surface area (Å²) in [7, 11) is 0. The molecule has 0 saturated heterocycles. The number of aromatic carboxylic acids is 1. The zero-order valence-corrected chi connectivity index (χ0v) is 17.3. The summed E-state index contributed by atoms with van der Waals surface area (Å²) < 4.78 is 1.11. The number of carboxylic acids is 1. The number of rotatable bonds is 5. The molecule has 5 nitrogen and oxygen atoms in total. The first-order valence-corrected chi connectivity index (χ1v) is 10.5. The molecule has 3 aromatic rings. The van der Waals surface area contributed by atoms with Crippen LogP contribution < -0.4 is 5.43 Å². The van der Waals surface area contributed by atoms with Crippen molar-refractivity contribution < 1.29 is 9.90 Å². The summed E-state index contributed by atoms with van der Waals surface area (Å²) in [6, 6.07) is 11.4. The maximum absolute atomic E-state index is 11.2. The first-order valence-electron chi connectivity index (χ1n) is 8.46. The van der Waals surface area contributed by atoms with Crippen LogP contribution >= 0.6 is 34.9 Å². The van der Waals surface area contributed by atoms with Crippen LogP contribution in [-0.2, 0) is 0 Å². The van der Waals surface area contributed by atoms with E-state index in [1.807, 2.05) is 43.3 Å². The van der Waals surface area contributed by atoms with Gasteiger partial charge in [-0.05, 0) is 42.8 Å². The van der Waals surface area contributed by atoms with Crippen LogP contribution in [0.4, 0.5) is 5.13 Å². The number of allylic oxidation sites excluding steroid dienone is 4. The van der Waals surface area contributed by atoms with Crippen LogP contribution in [0, 0.1) is 0 Å².